The molecule has 0 aromatic heterocycles. The van der Waals surface area contributed by atoms with Crippen LogP contribution in [0.4, 0.5) is 5.69 Å². The number of nitrogens with zero attached hydrogens (tertiary/aromatic N) is 2. The van der Waals surface area contributed by atoms with Gasteiger partial charge in [0.1, 0.15) is 12.3 Å². The summed E-state index contributed by atoms with van der Waals surface area (Å²) in [5.74, 6) is 0.893. The number of anilines is 1. The maximum absolute atomic E-state index is 13.5. The van der Waals surface area contributed by atoms with E-state index >= 15 is 0 Å². The Labute approximate surface area is 217 Å². The van der Waals surface area contributed by atoms with Gasteiger partial charge in [0.2, 0.25) is 0 Å². The monoisotopic (exact) mass is 525 g/mol. The highest BCUT2D eigenvalue weighted by molar-refractivity contribution is 7.92. The first-order valence-electron chi connectivity index (χ1n) is 11.9. The summed E-state index contributed by atoms with van der Waals surface area (Å²) in [5.41, 5.74) is 3.33. The molecule has 0 saturated heterocycles. The van der Waals surface area contributed by atoms with Crippen molar-refractivity contribution in [2.45, 2.75) is 25.7 Å². The van der Waals surface area contributed by atoms with E-state index in [1.54, 1.807) is 67.6 Å². The van der Waals surface area contributed by atoms with E-state index in [0.717, 1.165) is 4.31 Å². The lowest BCUT2D eigenvalue weighted by Crippen LogP contribution is -2.39. The van der Waals surface area contributed by atoms with Gasteiger partial charge in [-0.3, -0.25) is 9.10 Å². The summed E-state index contributed by atoms with van der Waals surface area (Å²) in [6.45, 7) is 6.34. The van der Waals surface area contributed by atoms with Crippen molar-refractivity contribution >= 4 is 27.8 Å². The average molecular weight is 526 g/mol. The summed E-state index contributed by atoms with van der Waals surface area (Å²) < 4.78 is 44.9. The number of hydrogen-bond donors (Lipinski definition) is 1. The molecule has 9 nitrogen and oxygen atoms in total. The summed E-state index contributed by atoms with van der Waals surface area (Å²) in [4.78, 5) is 12.9. The molecule has 0 unspecified atom stereocenters. The summed E-state index contributed by atoms with van der Waals surface area (Å²) in [6.07, 6.45) is 1.44. The molecule has 1 amide bonds. The van der Waals surface area contributed by atoms with E-state index in [4.69, 9.17) is 14.2 Å². The second kappa shape index (κ2) is 13.3. The van der Waals surface area contributed by atoms with Gasteiger partial charge < -0.3 is 14.2 Å². The molecule has 0 atom stereocenters. The van der Waals surface area contributed by atoms with Gasteiger partial charge in [-0.1, -0.05) is 30.3 Å². The lowest BCUT2D eigenvalue weighted by atomic mass is 10.2. The van der Waals surface area contributed by atoms with Crippen molar-refractivity contribution in [1.82, 2.24) is 5.43 Å². The van der Waals surface area contributed by atoms with Crippen LogP contribution in [0.2, 0.25) is 0 Å². The Kier molecular flexibility index (Phi) is 9.91. The minimum Gasteiger partial charge on any atom is -0.492 e. The van der Waals surface area contributed by atoms with Crippen LogP contribution >= 0.6 is 0 Å². The number of carbonyl (C=O) groups excluding carboxylic acids is 1. The normalized spacial score (nSPS) is 11.2. The third kappa shape index (κ3) is 7.23. The minimum absolute atomic E-state index is 0.0513. The number of rotatable bonds is 13. The molecule has 0 aliphatic heterocycles. The number of ether oxygens (including phenoxy) is 3. The molecule has 0 spiro atoms. The van der Waals surface area contributed by atoms with Crippen molar-refractivity contribution in [3.8, 4) is 17.2 Å². The van der Waals surface area contributed by atoms with E-state index in [1.165, 1.54) is 18.3 Å². The highest BCUT2D eigenvalue weighted by Gasteiger charge is 2.29. The topological polar surface area (TPSA) is 107 Å². The molecule has 0 aliphatic carbocycles. The predicted octanol–water partition coefficient (Wildman–Crippen LogP) is 4.23. The van der Waals surface area contributed by atoms with E-state index in [0.29, 0.717) is 42.6 Å². The van der Waals surface area contributed by atoms with Crippen LogP contribution in [0.1, 0.15) is 26.3 Å². The molecule has 37 heavy (non-hydrogen) atoms. The molecule has 3 aromatic rings. The van der Waals surface area contributed by atoms with Gasteiger partial charge in [0.05, 0.1) is 36.6 Å². The smallest absolute Gasteiger partial charge is 0.264 e. The zero-order valence-corrected chi connectivity index (χ0v) is 21.9. The molecular formula is C27H31N3O6S. The maximum atomic E-state index is 13.5. The summed E-state index contributed by atoms with van der Waals surface area (Å²) in [7, 11) is -4.08. The van der Waals surface area contributed by atoms with E-state index in [9.17, 15) is 13.2 Å². The molecule has 0 saturated carbocycles. The van der Waals surface area contributed by atoms with Gasteiger partial charge >= 0.3 is 0 Å². The second-order valence-electron chi connectivity index (χ2n) is 7.59. The second-order valence-corrected chi connectivity index (χ2v) is 9.45. The fourth-order valence-corrected chi connectivity index (χ4v) is 4.91. The Morgan fingerprint density at radius 1 is 0.838 bits per heavy atom. The molecule has 0 aliphatic rings. The fraction of sp³-hybridized carbons (Fsp3) is 0.259. The number of carbonyl (C=O) groups is 1. The van der Waals surface area contributed by atoms with Crippen LogP contribution in [-0.4, -0.2) is 46.9 Å². The lowest BCUT2D eigenvalue weighted by Gasteiger charge is -2.25. The molecule has 3 aromatic carbocycles. The summed E-state index contributed by atoms with van der Waals surface area (Å²) >= 11 is 0. The van der Waals surface area contributed by atoms with Gasteiger partial charge in [-0.25, -0.2) is 13.8 Å². The van der Waals surface area contributed by atoms with Crippen LogP contribution < -0.4 is 23.9 Å². The van der Waals surface area contributed by atoms with Gasteiger partial charge in [-0.05, 0) is 68.8 Å². The average Bonchev–Trinajstić information content (AvgIpc) is 2.90. The highest BCUT2D eigenvalue weighted by Crippen LogP contribution is 2.32. The first-order valence-corrected chi connectivity index (χ1v) is 13.4. The molecule has 10 heteroatoms. The number of hydrazone groups is 1. The molecule has 0 radical (unpaired) electrons. The standard InChI is InChI=1S/C27H31N3O6S/c1-4-34-24-15-11-10-14-23(24)30(37(32,33)22-12-8-7-9-13-22)20-27(31)29-28-19-21-16-17-25(35-5-2)26(18-21)36-6-3/h7-19H,4-6,20H2,1-3H3,(H,29,31)/b28-19+. The van der Waals surface area contributed by atoms with Crippen molar-refractivity contribution in [1.29, 1.82) is 0 Å². The molecule has 0 bridgehead atoms. The van der Waals surface area contributed by atoms with Crippen LogP contribution in [0.3, 0.4) is 0 Å². The summed E-state index contributed by atoms with van der Waals surface area (Å²) in [5, 5.41) is 4.01. The number of amides is 1. The van der Waals surface area contributed by atoms with E-state index in [1.807, 2.05) is 13.8 Å². The molecule has 0 fully saturated rings. The third-order valence-electron chi connectivity index (χ3n) is 5.02. The van der Waals surface area contributed by atoms with Crippen LogP contribution in [0.5, 0.6) is 17.2 Å². The number of benzene rings is 3. The van der Waals surface area contributed by atoms with Gasteiger partial charge in [0.15, 0.2) is 11.5 Å². The first-order chi connectivity index (χ1) is 17.9. The first kappa shape index (κ1) is 27.5. The molecular weight excluding hydrogens is 494 g/mol. The zero-order valence-electron chi connectivity index (χ0n) is 21.1. The molecule has 0 heterocycles. The number of nitrogens with one attached hydrogen (secondary N) is 1. The Balaban J connectivity index is 1.84. The maximum Gasteiger partial charge on any atom is 0.264 e. The number of sulfonamides is 1. The Bertz CT molecular complexity index is 1310. The fourth-order valence-electron chi connectivity index (χ4n) is 3.45. The van der Waals surface area contributed by atoms with Crippen LogP contribution in [0.25, 0.3) is 0 Å². The van der Waals surface area contributed by atoms with E-state index in [-0.39, 0.29) is 10.6 Å². The minimum atomic E-state index is -4.08. The highest BCUT2D eigenvalue weighted by atomic mass is 32.2. The van der Waals surface area contributed by atoms with Gasteiger partial charge in [-0.15, -0.1) is 0 Å². The van der Waals surface area contributed by atoms with Crippen molar-refractivity contribution < 1.29 is 27.4 Å². The van der Waals surface area contributed by atoms with Crippen LogP contribution in [-0.2, 0) is 14.8 Å². The lowest BCUT2D eigenvalue weighted by molar-refractivity contribution is -0.119. The zero-order chi connectivity index (χ0) is 26.7. The van der Waals surface area contributed by atoms with Crippen molar-refractivity contribution in [3.05, 3.63) is 78.4 Å². The molecule has 1 N–H and O–H groups in total. The largest absolute Gasteiger partial charge is 0.492 e. The van der Waals surface area contributed by atoms with Crippen LogP contribution in [0.15, 0.2) is 82.8 Å². The van der Waals surface area contributed by atoms with Gasteiger partial charge in [-0.2, -0.15) is 5.10 Å². The SMILES string of the molecule is CCOc1ccc(/C=N/NC(=O)CN(c2ccccc2OCC)S(=O)(=O)c2ccccc2)cc1OCC. The molecule has 196 valence electrons. The Morgan fingerprint density at radius 3 is 2.16 bits per heavy atom. The van der Waals surface area contributed by atoms with Gasteiger partial charge in [0, 0.05) is 0 Å². The molecule has 3 rings (SSSR count). The Hall–Kier alpha value is -4.05. The number of hydrogen-bond acceptors (Lipinski definition) is 7. The number of para-hydroxylation sites is 2. The third-order valence-corrected chi connectivity index (χ3v) is 6.80. The quantitative estimate of drug-likeness (QED) is 0.264. The van der Waals surface area contributed by atoms with Crippen LogP contribution in [0, 0.1) is 0 Å². The van der Waals surface area contributed by atoms with E-state index in [2.05, 4.69) is 10.5 Å². The van der Waals surface area contributed by atoms with Crippen molar-refractivity contribution in [2.24, 2.45) is 5.10 Å². The van der Waals surface area contributed by atoms with E-state index < -0.39 is 22.5 Å². The Morgan fingerprint density at radius 2 is 1.46 bits per heavy atom. The van der Waals surface area contributed by atoms with Crippen molar-refractivity contribution in [3.63, 3.8) is 0 Å². The predicted molar refractivity (Wildman–Crippen MR) is 143 cm³/mol. The summed E-state index contributed by atoms with van der Waals surface area (Å²) in [6, 6.07) is 19.9. The van der Waals surface area contributed by atoms with Crippen molar-refractivity contribution in [2.75, 3.05) is 30.7 Å². The van der Waals surface area contributed by atoms with Gasteiger partial charge in [0.25, 0.3) is 15.9 Å².